The first-order valence-corrected chi connectivity index (χ1v) is 8.61. The zero-order chi connectivity index (χ0) is 17.5. The second-order valence-corrected chi connectivity index (χ2v) is 7.45. The highest BCUT2D eigenvalue weighted by atomic mass is 16.6. The van der Waals surface area contributed by atoms with E-state index in [0.29, 0.717) is 31.8 Å². The molecule has 6 nitrogen and oxygen atoms in total. The number of hydrogen-bond acceptors (Lipinski definition) is 5. The van der Waals surface area contributed by atoms with Gasteiger partial charge in [0.1, 0.15) is 11.7 Å². The average Bonchev–Trinajstić information content (AvgIpc) is 2.48. The van der Waals surface area contributed by atoms with Gasteiger partial charge >= 0.3 is 6.09 Å². The van der Waals surface area contributed by atoms with Gasteiger partial charge in [-0.25, -0.2) is 4.79 Å². The Morgan fingerprint density at radius 3 is 2.39 bits per heavy atom. The normalized spacial score (nSPS) is 23.2. The molecule has 23 heavy (non-hydrogen) atoms. The number of nitrogens with two attached hydrogens (primary N) is 1. The highest BCUT2D eigenvalue weighted by Gasteiger charge is 2.30. The Hall–Kier alpha value is -1.14. The van der Waals surface area contributed by atoms with Gasteiger partial charge in [0.15, 0.2) is 5.78 Å². The van der Waals surface area contributed by atoms with Crippen LogP contribution in [0.5, 0.6) is 0 Å². The molecule has 1 unspecified atom stereocenters. The van der Waals surface area contributed by atoms with Gasteiger partial charge in [0.05, 0.1) is 0 Å². The van der Waals surface area contributed by atoms with Crippen LogP contribution in [0.25, 0.3) is 0 Å². The van der Waals surface area contributed by atoms with E-state index in [4.69, 9.17) is 10.5 Å². The molecule has 0 aliphatic heterocycles. The molecular formula is C17H32N2O4. The van der Waals surface area contributed by atoms with Gasteiger partial charge in [-0.2, -0.15) is 0 Å². The molecule has 1 fully saturated rings. The summed E-state index contributed by atoms with van der Waals surface area (Å²) >= 11 is 0. The van der Waals surface area contributed by atoms with Crippen LogP contribution in [0.3, 0.4) is 0 Å². The Morgan fingerprint density at radius 2 is 1.87 bits per heavy atom. The Morgan fingerprint density at radius 1 is 1.26 bits per heavy atom. The van der Waals surface area contributed by atoms with Crippen molar-refractivity contribution in [3.8, 4) is 0 Å². The Kier molecular flexibility index (Phi) is 7.99. The number of hydrogen-bond donors (Lipinski definition) is 3. The zero-order valence-electron chi connectivity index (χ0n) is 14.6. The van der Waals surface area contributed by atoms with Gasteiger partial charge in [0, 0.05) is 12.5 Å². The van der Waals surface area contributed by atoms with E-state index >= 15 is 0 Å². The van der Waals surface area contributed by atoms with Crippen molar-refractivity contribution in [2.24, 2.45) is 17.6 Å². The largest absolute Gasteiger partial charge is 0.444 e. The molecule has 6 heteroatoms. The number of Topliss-reactive ketones (excluding diaryl/α,β-unsaturated/α-hetero) is 1. The molecule has 4 N–H and O–H groups in total. The van der Waals surface area contributed by atoms with E-state index in [9.17, 15) is 14.7 Å². The van der Waals surface area contributed by atoms with Crippen molar-refractivity contribution in [1.82, 2.24) is 5.32 Å². The lowest BCUT2D eigenvalue weighted by Gasteiger charge is -2.29. The summed E-state index contributed by atoms with van der Waals surface area (Å²) in [5.74, 6) is 0.269. The monoisotopic (exact) mass is 328 g/mol. The molecule has 0 bridgehead atoms. The van der Waals surface area contributed by atoms with Crippen molar-refractivity contribution in [2.75, 3.05) is 13.1 Å². The molecule has 0 spiro atoms. The fourth-order valence-electron chi connectivity index (χ4n) is 2.92. The molecule has 1 atom stereocenters. The summed E-state index contributed by atoms with van der Waals surface area (Å²) < 4.78 is 5.21. The molecule has 1 saturated carbocycles. The van der Waals surface area contributed by atoms with Crippen LogP contribution in [0.1, 0.15) is 59.3 Å². The quantitative estimate of drug-likeness (QED) is 0.663. The summed E-state index contributed by atoms with van der Waals surface area (Å²) in [4.78, 5) is 23.8. The SMILES string of the molecule is CC(C)(C)OC(=O)NC[C@H]1CC[C@H](C(=O)C(O)CCCN)CC1. The molecule has 134 valence electrons. The molecule has 0 aromatic carbocycles. The van der Waals surface area contributed by atoms with Gasteiger partial charge < -0.3 is 20.9 Å². The van der Waals surface area contributed by atoms with Crippen molar-refractivity contribution in [2.45, 2.75) is 71.0 Å². The minimum absolute atomic E-state index is 0.0444. The number of ether oxygens (including phenoxy) is 1. The van der Waals surface area contributed by atoms with Gasteiger partial charge in [-0.1, -0.05) is 0 Å². The predicted octanol–water partition coefficient (Wildman–Crippen LogP) is 1.99. The Balaban J connectivity index is 2.27. The molecule has 0 heterocycles. The fourth-order valence-corrected chi connectivity index (χ4v) is 2.92. The van der Waals surface area contributed by atoms with Gasteiger partial charge in [-0.05, 0) is 71.8 Å². The maximum atomic E-state index is 12.2. The fraction of sp³-hybridized carbons (Fsp3) is 0.882. The van der Waals surface area contributed by atoms with E-state index in [1.807, 2.05) is 20.8 Å². The minimum Gasteiger partial charge on any atom is -0.444 e. The van der Waals surface area contributed by atoms with Crippen molar-refractivity contribution in [3.63, 3.8) is 0 Å². The highest BCUT2D eigenvalue weighted by Crippen LogP contribution is 2.30. The third-order valence-electron chi connectivity index (χ3n) is 4.19. The van der Waals surface area contributed by atoms with Crippen molar-refractivity contribution in [3.05, 3.63) is 0 Å². The molecule has 1 rings (SSSR count). The number of ketones is 1. The van der Waals surface area contributed by atoms with Crippen molar-refractivity contribution >= 4 is 11.9 Å². The predicted molar refractivity (Wildman–Crippen MR) is 89.0 cm³/mol. The standard InChI is InChI=1S/C17H32N2O4/c1-17(2,3)23-16(22)19-11-12-6-8-13(9-7-12)15(21)14(20)5-4-10-18/h12-14,20H,4-11,18H2,1-3H3,(H,19,22)/t12-,13-,14?. The third kappa shape index (κ3) is 7.79. The molecule has 0 saturated heterocycles. The second-order valence-electron chi connectivity index (χ2n) is 7.45. The molecular weight excluding hydrogens is 296 g/mol. The van der Waals surface area contributed by atoms with E-state index in [2.05, 4.69) is 5.32 Å². The van der Waals surface area contributed by atoms with Crippen LogP contribution in [0.15, 0.2) is 0 Å². The zero-order valence-corrected chi connectivity index (χ0v) is 14.6. The lowest BCUT2D eigenvalue weighted by atomic mass is 9.78. The molecule has 1 amide bonds. The maximum absolute atomic E-state index is 12.2. The third-order valence-corrected chi connectivity index (χ3v) is 4.19. The van der Waals surface area contributed by atoms with Crippen LogP contribution in [0, 0.1) is 11.8 Å². The van der Waals surface area contributed by atoms with Crippen LogP contribution in [-0.4, -0.2) is 41.8 Å². The summed E-state index contributed by atoms with van der Waals surface area (Å²) in [6, 6.07) is 0. The average molecular weight is 328 g/mol. The molecule has 0 aromatic rings. The summed E-state index contributed by atoms with van der Waals surface area (Å²) in [5, 5.41) is 12.7. The number of amides is 1. The first kappa shape index (κ1) is 19.9. The highest BCUT2D eigenvalue weighted by molar-refractivity contribution is 5.85. The van der Waals surface area contributed by atoms with Gasteiger partial charge in [-0.3, -0.25) is 4.79 Å². The van der Waals surface area contributed by atoms with Crippen LogP contribution in [-0.2, 0) is 9.53 Å². The second kappa shape index (κ2) is 9.23. The summed E-state index contributed by atoms with van der Waals surface area (Å²) in [6.45, 7) is 6.57. The summed E-state index contributed by atoms with van der Waals surface area (Å²) in [5.41, 5.74) is 4.91. The van der Waals surface area contributed by atoms with E-state index < -0.39 is 17.8 Å². The number of aliphatic hydroxyl groups is 1. The Bertz CT molecular complexity index is 385. The number of carbonyl (C=O) groups excluding carboxylic acids is 2. The van der Waals surface area contributed by atoms with E-state index in [1.165, 1.54) is 0 Å². The van der Waals surface area contributed by atoms with Crippen molar-refractivity contribution in [1.29, 1.82) is 0 Å². The number of alkyl carbamates (subject to hydrolysis) is 1. The van der Waals surface area contributed by atoms with Gasteiger partial charge in [-0.15, -0.1) is 0 Å². The minimum atomic E-state index is -0.875. The smallest absolute Gasteiger partial charge is 0.407 e. The molecule has 1 aliphatic rings. The van der Waals surface area contributed by atoms with E-state index in [-0.39, 0.29) is 11.7 Å². The molecule has 0 aromatic heterocycles. The lowest BCUT2D eigenvalue weighted by Crippen LogP contribution is -2.37. The first-order valence-electron chi connectivity index (χ1n) is 8.61. The number of nitrogens with one attached hydrogen (secondary N) is 1. The van der Waals surface area contributed by atoms with Crippen LogP contribution >= 0.6 is 0 Å². The van der Waals surface area contributed by atoms with Crippen LogP contribution in [0.2, 0.25) is 0 Å². The summed E-state index contributed by atoms with van der Waals surface area (Å²) in [6.07, 6.45) is 3.18. The van der Waals surface area contributed by atoms with E-state index in [0.717, 1.165) is 25.7 Å². The van der Waals surface area contributed by atoms with Gasteiger partial charge in [0.2, 0.25) is 0 Å². The number of rotatable bonds is 7. The number of carbonyl (C=O) groups is 2. The molecule has 1 aliphatic carbocycles. The first-order chi connectivity index (χ1) is 10.7. The number of aliphatic hydroxyl groups excluding tert-OH is 1. The topological polar surface area (TPSA) is 102 Å². The van der Waals surface area contributed by atoms with Crippen LogP contribution < -0.4 is 11.1 Å². The summed E-state index contributed by atoms with van der Waals surface area (Å²) in [7, 11) is 0. The van der Waals surface area contributed by atoms with E-state index in [1.54, 1.807) is 0 Å². The van der Waals surface area contributed by atoms with Gasteiger partial charge in [0.25, 0.3) is 0 Å². The lowest BCUT2D eigenvalue weighted by molar-refractivity contribution is -0.132. The maximum Gasteiger partial charge on any atom is 0.407 e. The molecule has 0 radical (unpaired) electrons. The van der Waals surface area contributed by atoms with Crippen molar-refractivity contribution < 1.29 is 19.4 Å². The van der Waals surface area contributed by atoms with Crippen LogP contribution in [0.4, 0.5) is 4.79 Å². The Labute approximate surface area is 139 Å².